The molecule has 1 unspecified atom stereocenters. The number of carbonyl (C=O) groups excluding carboxylic acids is 1. The van der Waals surface area contributed by atoms with Crippen molar-refractivity contribution in [3.8, 4) is 0 Å². The van der Waals surface area contributed by atoms with Gasteiger partial charge in [-0.2, -0.15) is 0 Å². The van der Waals surface area contributed by atoms with Crippen LogP contribution < -0.4 is 4.90 Å². The minimum absolute atomic E-state index is 0.203. The van der Waals surface area contributed by atoms with Crippen LogP contribution >= 0.6 is 0 Å². The largest absolute Gasteiger partial charge is 0.481 e. The lowest BCUT2D eigenvalue weighted by atomic mass is 9.98. The first-order chi connectivity index (χ1) is 9.49. The number of carboxylic acids is 1. The van der Waals surface area contributed by atoms with Gasteiger partial charge in [0.15, 0.2) is 11.5 Å². The van der Waals surface area contributed by atoms with Crippen molar-refractivity contribution in [2.75, 3.05) is 32.1 Å². The molecule has 1 aliphatic heterocycles. The first-order valence-electron chi connectivity index (χ1n) is 6.52. The van der Waals surface area contributed by atoms with Gasteiger partial charge in [0.1, 0.15) is 0 Å². The smallest absolute Gasteiger partial charge is 0.308 e. The van der Waals surface area contributed by atoms with Crippen LogP contribution in [-0.2, 0) is 4.79 Å². The van der Waals surface area contributed by atoms with Crippen LogP contribution in [0.5, 0.6) is 0 Å². The van der Waals surface area contributed by atoms with Crippen LogP contribution in [0.1, 0.15) is 23.3 Å². The summed E-state index contributed by atoms with van der Waals surface area (Å²) in [5, 5.41) is 17.0. The van der Waals surface area contributed by atoms with Gasteiger partial charge in [-0.15, -0.1) is 10.2 Å². The number of rotatable bonds is 3. The Morgan fingerprint density at radius 2 is 2.10 bits per heavy atom. The molecule has 0 saturated carbocycles. The van der Waals surface area contributed by atoms with E-state index in [4.69, 9.17) is 5.11 Å². The van der Waals surface area contributed by atoms with Crippen LogP contribution in [0.3, 0.4) is 0 Å². The van der Waals surface area contributed by atoms with E-state index >= 15 is 0 Å². The second kappa shape index (κ2) is 5.85. The van der Waals surface area contributed by atoms with Crippen molar-refractivity contribution in [1.29, 1.82) is 0 Å². The average molecular weight is 278 g/mol. The topological polar surface area (TPSA) is 86.6 Å². The number of aliphatic carboxylic acids is 1. The molecule has 1 atom stereocenters. The van der Waals surface area contributed by atoms with Crippen LogP contribution in [0, 0.1) is 5.92 Å². The quantitative estimate of drug-likeness (QED) is 0.865. The monoisotopic (exact) mass is 278 g/mol. The van der Waals surface area contributed by atoms with E-state index in [0.717, 1.165) is 13.0 Å². The number of nitrogens with zero attached hydrogens (tertiary/aromatic N) is 4. The SMILES string of the molecule is CN(C)C(=O)c1ccc(N2CCCC(C(=O)O)C2)nn1. The summed E-state index contributed by atoms with van der Waals surface area (Å²) in [6, 6.07) is 3.34. The molecule has 1 aliphatic rings. The minimum Gasteiger partial charge on any atom is -0.481 e. The van der Waals surface area contributed by atoms with Crippen molar-refractivity contribution in [1.82, 2.24) is 15.1 Å². The van der Waals surface area contributed by atoms with Gasteiger partial charge in [0.05, 0.1) is 5.92 Å². The Labute approximate surface area is 117 Å². The summed E-state index contributed by atoms with van der Waals surface area (Å²) < 4.78 is 0. The lowest BCUT2D eigenvalue weighted by molar-refractivity contribution is -0.141. The summed E-state index contributed by atoms with van der Waals surface area (Å²) >= 11 is 0. The predicted octanol–water partition coefficient (Wildman–Crippen LogP) is 0.479. The molecule has 0 bridgehead atoms. The fourth-order valence-electron chi connectivity index (χ4n) is 2.22. The number of anilines is 1. The zero-order valence-electron chi connectivity index (χ0n) is 11.6. The maximum absolute atomic E-state index is 11.7. The third-order valence-corrected chi connectivity index (χ3v) is 3.37. The Morgan fingerprint density at radius 1 is 1.35 bits per heavy atom. The molecule has 1 fully saturated rings. The summed E-state index contributed by atoms with van der Waals surface area (Å²) in [4.78, 5) is 26.1. The Hall–Kier alpha value is -2.18. The molecule has 108 valence electrons. The third kappa shape index (κ3) is 3.04. The number of piperidine rings is 1. The van der Waals surface area contributed by atoms with Gasteiger partial charge in [-0.1, -0.05) is 0 Å². The summed E-state index contributed by atoms with van der Waals surface area (Å²) in [7, 11) is 3.31. The molecule has 1 aromatic rings. The summed E-state index contributed by atoms with van der Waals surface area (Å²) in [6.45, 7) is 1.20. The van der Waals surface area contributed by atoms with E-state index < -0.39 is 5.97 Å². The van der Waals surface area contributed by atoms with E-state index in [1.165, 1.54) is 4.90 Å². The molecule has 0 aliphatic carbocycles. The van der Waals surface area contributed by atoms with Crippen LogP contribution in [0.4, 0.5) is 5.82 Å². The number of hydrogen-bond donors (Lipinski definition) is 1. The van der Waals surface area contributed by atoms with Crippen LogP contribution in [-0.4, -0.2) is 59.3 Å². The molecule has 7 heteroatoms. The van der Waals surface area contributed by atoms with Gasteiger partial charge in [0.25, 0.3) is 5.91 Å². The maximum Gasteiger partial charge on any atom is 0.308 e. The van der Waals surface area contributed by atoms with Crippen molar-refractivity contribution in [3.05, 3.63) is 17.8 Å². The molecule has 1 aromatic heterocycles. The van der Waals surface area contributed by atoms with Crippen molar-refractivity contribution in [3.63, 3.8) is 0 Å². The van der Waals surface area contributed by atoms with Gasteiger partial charge in [-0.25, -0.2) is 0 Å². The van der Waals surface area contributed by atoms with Gasteiger partial charge >= 0.3 is 5.97 Å². The van der Waals surface area contributed by atoms with Gasteiger partial charge in [-0.3, -0.25) is 9.59 Å². The van der Waals surface area contributed by atoms with Crippen molar-refractivity contribution >= 4 is 17.7 Å². The molecule has 1 N–H and O–H groups in total. The number of hydrogen-bond acceptors (Lipinski definition) is 5. The van der Waals surface area contributed by atoms with Crippen molar-refractivity contribution < 1.29 is 14.7 Å². The van der Waals surface area contributed by atoms with Crippen molar-refractivity contribution in [2.24, 2.45) is 5.92 Å². The Bertz CT molecular complexity index is 501. The molecule has 0 spiro atoms. The normalized spacial score (nSPS) is 18.7. The highest BCUT2D eigenvalue weighted by Crippen LogP contribution is 2.21. The zero-order chi connectivity index (χ0) is 14.7. The predicted molar refractivity (Wildman–Crippen MR) is 72.6 cm³/mol. The van der Waals surface area contributed by atoms with E-state index in [2.05, 4.69) is 10.2 Å². The molecule has 7 nitrogen and oxygen atoms in total. The van der Waals surface area contributed by atoms with Gasteiger partial charge in [0.2, 0.25) is 0 Å². The molecule has 1 saturated heterocycles. The second-order valence-electron chi connectivity index (χ2n) is 5.10. The highest BCUT2D eigenvalue weighted by molar-refractivity contribution is 5.91. The fraction of sp³-hybridized carbons (Fsp3) is 0.538. The molecule has 20 heavy (non-hydrogen) atoms. The molecule has 0 aromatic carbocycles. The summed E-state index contributed by atoms with van der Waals surface area (Å²) in [5.41, 5.74) is 0.283. The minimum atomic E-state index is -0.776. The Kier molecular flexibility index (Phi) is 4.16. The van der Waals surface area contributed by atoms with Crippen LogP contribution in [0.25, 0.3) is 0 Å². The maximum atomic E-state index is 11.7. The van der Waals surface area contributed by atoms with E-state index in [1.807, 2.05) is 4.90 Å². The fourth-order valence-corrected chi connectivity index (χ4v) is 2.22. The molecule has 2 heterocycles. The van der Waals surface area contributed by atoms with Gasteiger partial charge < -0.3 is 14.9 Å². The molecule has 2 rings (SSSR count). The van der Waals surface area contributed by atoms with Gasteiger partial charge in [0, 0.05) is 27.2 Å². The first kappa shape index (κ1) is 14.2. The third-order valence-electron chi connectivity index (χ3n) is 3.37. The van der Waals surface area contributed by atoms with E-state index in [-0.39, 0.29) is 17.5 Å². The number of aromatic nitrogens is 2. The summed E-state index contributed by atoms with van der Waals surface area (Å²) in [5.74, 6) is -0.729. The molecular formula is C13H18N4O3. The Balaban J connectivity index is 2.10. The van der Waals surface area contributed by atoms with Crippen molar-refractivity contribution in [2.45, 2.75) is 12.8 Å². The average Bonchev–Trinajstić information content (AvgIpc) is 2.46. The zero-order valence-corrected chi connectivity index (χ0v) is 11.6. The Morgan fingerprint density at radius 3 is 2.65 bits per heavy atom. The molecular weight excluding hydrogens is 260 g/mol. The van der Waals surface area contributed by atoms with E-state index in [0.29, 0.717) is 18.8 Å². The number of carbonyl (C=O) groups is 2. The first-order valence-corrected chi connectivity index (χ1v) is 6.52. The molecule has 0 radical (unpaired) electrons. The second-order valence-corrected chi connectivity index (χ2v) is 5.10. The van der Waals surface area contributed by atoms with Gasteiger partial charge in [-0.05, 0) is 25.0 Å². The number of carboxylic acid groups (broad SMARTS) is 1. The van der Waals surface area contributed by atoms with Crippen LogP contribution in [0.2, 0.25) is 0 Å². The summed E-state index contributed by atoms with van der Waals surface area (Å²) in [6.07, 6.45) is 1.51. The van der Waals surface area contributed by atoms with Crippen LogP contribution in [0.15, 0.2) is 12.1 Å². The highest BCUT2D eigenvalue weighted by Gasteiger charge is 2.26. The lowest BCUT2D eigenvalue weighted by Crippen LogP contribution is -2.39. The van der Waals surface area contributed by atoms with E-state index in [1.54, 1.807) is 26.2 Å². The lowest BCUT2D eigenvalue weighted by Gasteiger charge is -2.31. The number of amides is 1. The molecule has 1 amide bonds. The highest BCUT2D eigenvalue weighted by atomic mass is 16.4. The van der Waals surface area contributed by atoms with E-state index in [9.17, 15) is 9.59 Å². The standard InChI is InChI=1S/C13H18N4O3/c1-16(2)12(18)10-5-6-11(15-14-10)17-7-3-4-9(8-17)13(19)20/h5-6,9H,3-4,7-8H2,1-2H3,(H,19,20).